The van der Waals surface area contributed by atoms with Crippen LogP contribution in [0.3, 0.4) is 0 Å². The summed E-state index contributed by atoms with van der Waals surface area (Å²) in [5, 5.41) is 3.98. The van der Waals surface area contributed by atoms with E-state index in [1.807, 2.05) is 45.0 Å². The van der Waals surface area contributed by atoms with E-state index >= 15 is 0 Å². The van der Waals surface area contributed by atoms with E-state index in [4.69, 9.17) is 15.0 Å². The Morgan fingerprint density at radius 2 is 2.11 bits per heavy atom. The van der Waals surface area contributed by atoms with Gasteiger partial charge in [-0.2, -0.15) is 0 Å². The molecule has 0 aliphatic carbocycles. The molecule has 4 rings (SSSR count). The van der Waals surface area contributed by atoms with Crippen molar-refractivity contribution in [1.29, 1.82) is 0 Å². The molecule has 0 spiro atoms. The molecule has 1 aromatic carbocycles. The summed E-state index contributed by atoms with van der Waals surface area (Å²) in [6.07, 6.45) is 2.00. The Bertz CT molecular complexity index is 918. The van der Waals surface area contributed by atoms with Crippen molar-refractivity contribution in [2.45, 2.75) is 51.7 Å². The normalized spacial score (nSPS) is 26.0. The number of benzene rings is 1. The summed E-state index contributed by atoms with van der Waals surface area (Å²) in [4.78, 5) is 27.1. The number of hydrogen-bond donors (Lipinski definition) is 1. The average Bonchev–Trinajstić information content (AvgIpc) is 2.95. The van der Waals surface area contributed by atoms with Crippen molar-refractivity contribution in [3.8, 4) is 5.75 Å². The van der Waals surface area contributed by atoms with Crippen LogP contribution in [-0.2, 0) is 16.0 Å². The predicted octanol–water partition coefficient (Wildman–Crippen LogP) is 2.45. The summed E-state index contributed by atoms with van der Waals surface area (Å²) in [6.45, 7) is 6.19. The van der Waals surface area contributed by atoms with Crippen molar-refractivity contribution < 1.29 is 18.8 Å². The standard InChI is InChI=1S/C21H25N3O4/c1-12-14(13(2)28-23-12)8-6-10-24-20(26)18(19(22)25)16-11-21(24,3)27-17-9-5-4-7-15(16)17/h4-5,7,9,16,18H,6,8,10-11H2,1-3H3,(H2,22,25)/t16-,18-,21+/m0/s1. The van der Waals surface area contributed by atoms with Crippen LogP contribution in [0.1, 0.15) is 48.3 Å². The molecule has 0 unspecified atom stereocenters. The Kier molecular flexibility index (Phi) is 4.40. The summed E-state index contributed by atoms with van der Waals surface area (Å²) < 4.78 is 11.5. The lowest BCUT2D eigenvalue weighted by Gasteiger charge is -2.52. The van der Waals surface area contributed by atoms with E-state index in [1.165, 1.54) is 0 Å². The van der Waals surface area contributed by atoms with Crippen LogP contribution in [0.5, 0.6) is 5.75 Å². The fraction of sp³-hybridized carbons (Fsp3) is 0.476. The maximum atomic E-state index is 13.2. The quantitative estimate of drug-likeness (QED) is 0.800. The van der Waals surface area contributed by atoms with Crippen molar-refractivity contribution in [2.24, 2.45) is 11.7 Å². The number of carbonyl (C=O) groups excluding carboxylic acids is 2. The first-order valence-electron chi connectivity index (χ1n) is 9.62. The maximum Gasteiger partial charge on any atom is 0.238 e. The lowest BCUT2D eigenvalue weighted by Crippen LogP contribution is -2.64. The highest BCUT2D eigenvalue weighted by atomic mass is 16.5. The molecule has 2 aliphatic rings. The van der Waals surface area contributed by atoms with Gasteiger partial charge in [0, 0.05) is 24.4 Å². The van der Waals surface area contributed by atoms with Crippen molar-refractivity contribution >= 4 is 11.8 Å². The van der Waals surface area contributed by atoms with Gasteiger partial charge >= 0.3 is 0 Å². The monoisotopic (exact) mass is 383 g/mol. The Labute approximate surface area is 163 Å². The van der Waals surface area contributed by atoms with Gasteiger partial charge in [0.2, 0.25) is 11.8 Å². The summed E-state index contributed by atoms with van der Waals surface area (Å²) in [5.41, 5.74) is 7.68. The van der Waals surface area contributed by atoms with Gasteiger partial charge < -0.3 is 19.9 Å². The minimum atomic E-state index is -0.864. The van der Waals surface area contributed by atoms with E-state index in [0.717, 1.165) is 34.8 Å². The predicted molar refractivity (Wildman–Crippen MR) is 102 cm³/mol. The second-order valence-corrected chi connectivity index (χ2v) is 7.90. The lowest BCUT2D eigenvalue weighted by atomic mass is 9.73. The van der Waals surface area contributed by atoms with Crippen molar-refractivity contribution in [2.75, 3.05) is 6.54 Å². The number of hydrogen-bond acceptors (Lipinski definition) is 5. The molecule has 2 bridgehead atoms. The SMILES string of the molecule is Cc1noc(C)c1CCCN1C(=O)[C@H](C(N)=O)[C@H]2C[C@@]1(C)Oc1ccccc12. The number of fused-ring (bicyclic) bond motifs is 4. The minimum absolute atomic E-state index is 0.250. The molecule has 3 atom stereocenters. The molecular weight excluding hydrogens is 358 g/mol. The van der Waals surface area contributed by atoms with E-state index in [-0.39, 0.29) is 11.8 Å². The fourth-order valence-electron chi connectivity index (χ4n) is 4.65. The van der Waals surface area contributed by atoms with Crippen LogP contribution in [0.15, 0.2) is 28.8 Å². The molecule has 7 heteroatoms. The van der Waals surface area contributed by atoms with Crippen LogP contribution >= 0.6 is 0 Å². The average molecular weight is 383 g/mol. The summed E-state index contributed by atoms with van der Waals surface area (Å²) in [6, 6.07) is 7.58. The third kappa shape index (κ3) is 2.85. The molecular formula is C21H25N3O4. The lowest BCUT2D eigenvalue weighted by molar-refractivity contribution is -0.175. The topological polar surface area (TPSA) is 98.7 Å². The van der Waals surface area contributed by atoms with Crippen LogP contribution in [0.4, 0.5) is 0 Å². The number of nitrogens with zero attached hydrogens (tertiary/aromatic N) is 2. The third-order valence-electron chi connectivity index (χ3n) is 6.05. The molecule has 1 saturated heterocycles. The Balaban J connectivity index is 1.61. The van der Waals surface area contributed by atoms with Crippen LogP contribution in [0.2, 0.25) is 0 Å². The number of carbonyl (C=O) groups is 2. The van der Waals surface area contributed by atoms with Crippen LogP contribution < -0.4 is 10.5 Å². The van der Waals surface area contributed by atoms with Gasteiger partial charge in [0.05, 0.1) is 5.69 Å². The number of amides is 2. The van der Waals surface area contributed by atoms with Gasteiger partial charge in [-0.3, -0.25) is 9.59 Å². The zero-order chi connectivity index (χ0) is 20.1. The number of aryl methyl sites for hydroxylation is 2. The number of rotatable bonds is 5. The van der Waals surface area contributed by atoms with Crippen molar-refractivity contribution in [3.63, 3.8) is 0 Å². The molecule has 28 heavy (non-hydrogen) atoms. The van der Waals surface area contributed by atoms with Crippen molar-refractivity contribution in [3.05, 3.63) is 46.8 Å². The Hall–Kier alpha value is -2.83. The van der Waals surface area contributed by atoms with Gasteiger partial charge in [0.1, 0.15) is 17.4 Å². The van der Waals surface area contributed by atoms with Gasteiger partial charge in [-0.1, -0.05) is 23.4 Å². The number of para-hydroxylation sites is 1. The van der Waals surface area contributed by atoms with Crippen molar-refractivity contribution in [1.82, 2.24) is 10.1 Å². The smallest absolute Gasteiger partial charge is 0.238 e. The second kappa shape index (κ2) is 6.65. The highest BCUT2D eigenvalue weighted by Crippen LogP contribution is 2.50. The maximum absolute atomic E-state index is 13.2. The van der Waals surface area contributed by atoms with Crippen LogP contribution in [0, 0.1) is 19.8 Å². The molecule has 7 nitrogen and oxygen atoms in total. The molecule has 2 aliphatic heterocycles. The van der Waals surface area contributed by atoms with E-state index in [2.05, 4.69) is 5.16 Å². The number of piperidine rings is 1. The zero-order valence-electron chi connectivity index (χ0n) is 16.4. The van der Waals surface area contributed by atoms with Gasteiger partial charge in [-0.05, 0) is 45.2 Å². The minimum Gasteiger partial charge on any atom is -0.468 e. The van der Waals surface area contributed by atoms with Gasteiger partial charge in [-0.15, -0.1) is 0 Å². The first-order chi connectivity index (χ1) is 13.3. The molecule has 148 valence electrons. The number of ether oxygens (including phenoxy) is 1. The Morgan fingerprint density at radius 3 is 2.79 bits per heavy atom. The zero-order valence-corrected chi connectivity index (χ0v) is 16.4. The Morgan fingerprint density at radius 1 is 1.36 bits per heavy atom. The number of nitrogens with two attached hydrogens (primary N) is 1. The molecule has 2 amide bonds. The van der Waals surface area contributed by atoms with Gasteiger partial charge in [-0.25, -0.2) is 0 Å². The third-order valence-corrected chi connectivity index (χ3v) is 6.05. The second-order valence-electron chi connectivity index (χ2n) is 7.90. The molecule has 3 heterocycles. The largest absolute Gasteiger partial charge is 0.468 e. The highest BCUT2D eigenvalue weighted by Gasteiger charge is 2.55. The summed E-state index contributed by atoms with van der Waals surface area (Å²) in [5.74, 6) is -0.428. The van der Waals surface area contributed by atoms with Crippen LogP contribution in [-0.4, -0.2) is 34.1 Å². The van der Waals surface area contributed by atoms with E-state index in [1.54, 1.807) is 4.90 Å². The first-order valence-corrected chi connectivity index (χ1v) is 9.62. The molecule has 0 radical (unpaired) electrons. The van der Waals surface area contributed by atoms with Gasteiger partial charge in [0.15, 0.2) is 5.72 Å². The number of likely N-dealkylation sites (tertiary alicyclic amines) is 1. The fourth-order valence-corrected chi connectivity index (χ4v) is 4.65. The van der Waals surface area contributed by atoms with Crippen LogP contribution in [0.25, 0.3) is 0 Å². The molecule has 2 aromatic rings. The summed E-state index contributed by atoms with van der Waals surface area (Å²) >= 11 is 0. The van der Waals surface area contributed by atoms with E-state index < -0.39 is 17.6 Å². The first kappa shape index (κ1) is 18.5. The van der Waals surface area contributed by atoms with E-state index in [0.29, 0.717) is 19.4 Å². The summed E-state index contributed by atoms with van der Waals surface area (Å²) in [7, 11) is 0. The van der Waals surface area contributed by atoms with E-state index in [9.17, 15) is 9.59 Å². The number of aromatic nitrogens is 1. The molecule has 1 fully saturated rings. The van der Waals surface area contributed by atoms with Gasteiger partial charge in [0.25, 0.3) is 0 Å². The molecule has 0 saturated carbocycles. The molecule has 2 N–H and O–H groups in total. The number of primary amides is 1. The molecule has 1 aromatic heterocycles. The highest BCUT2D eigenvalue weighted by molar-refractivity contribution is 6.01.